The molecule has 5 nitrogen and oxygen atoms in total. The maximum absolute atomic E-state index is 12.3. The highest BCUT2D eigenvalue weighted by molar-refractivity contribution is 9.10. The van der Waals surface area contributed by atoms with E-state index >= 15 is 0 Å². The summed E-state index contributed by atoms with van der Waals surface area (Å²) in [5.41, 5.74) is 1.15. The smallest absolute Gasteiger partial charge is 0.232 e. The van der Waals surface area contributed by atoms with Gasteiger partial charge in [-0.2, -0.15) is 0 Å². The number of halogens is 1. The van der Waals surface area contributed by atoms with Crippen LogP contribution in [-0.2, 0) is 10.5 Å². The number of anilines is 1. The minimum Gasteiger partial charge on any atom is -0.353 e. The first kappa shape index (κ1) is 17.2. The van der Waals surface area contributed by atoms with Gasteiger partial charge in [-0.05, 0) is 39.7 Å². The van der Waals surface area contributed by atoms with Crippen molar-refractivity contribution in [3.63, 3.8) is 0 Å². The predicted molar refractivity (Wildman–Crippen MR) is 101 cm³/mol. The van der Waals surface area contributed by atoms with Crippen molar-refractivity contribution in [1.82, 2.24) is 14.9 Å². The minimum atomic E-state index is 0.215. The van der Waals surface area contributed by atoms with Gasteiger partial charge in [-0.25, -0.2) is 4.98 Å². The van der Waals surface area contributed by atoms with Crippen LogP contribution in [0.15, 0.2) is 47.3 Å². The molecule has 0 radical (unpaired) electrons. The van der Waals surface area contributed by atoms with E-state index in [1.54, 1.807) is 18.0 Å². The van der Waals surface area contributed by atoms with Gasteiger partial charge < -0.3 is 9.80 Å². The molecule has 7 heteroatoms. The van der Waals surface area contributed by atoms with Crippen LogP contribution in [0.3, 0.4) is 0 Å². The van der Waals surface area contributed by atoms with E-state index in [1.807, 2.05) is 41.6 Å². The Morgan fingerprint density at radius 1 is 1.17 bits per heavy atom. The molecule has 2 aromatic rings. The SMILES string of the molecule is O=C(CSCc1cccnc1)N1CCN(c2ccc(Br)cn2)CC1. The third kappa shape index (κ3) is 4.70. The highest BCUT2D eigenvalue weighted by Gasteiger charge is 2.21. The average molecular weight is 407 g/mol. The molecule has 1 aliphatic rings. The lowest BCUT2D eigenvalue weighted by molar-refractivity contribution is -0.128. The fraction of sp³-hybridized carbons (Fsp3) is 0.353. The number of carbonyl (C=O) groups is 1. The summed E-state index contributed by atoms with van der Waals surface area (Å²) in [5.74, 6) is 2.52. The molecule has 1 amide bonds. The van der Waals surface area contributed by atoms with E-state index in [1.165, 1.54) is 0 Å². The molecular weight excluding hydrogens is 388 g/mol. The molecule has 0 bridgehead atoms. The minimum absolute atomic E-state index is 0.215. The second-order valence-electron chi connectivity index (χ2n) is 5.56. The molecule has 0 aliphatic carbocycles. The number of nitrogens with zero attached hydrogens (tertiary/aromatic N) is 4. The Labute approximate surface area is 154 Å². The van der Waals surface area contributed by atoms with Crippen LogP contribution in [-0.4, -0.2) is 52.7 Å². The lowest BCUT2D eigenvalue weighted by atomic mass is 10.3. The van der Waals surface area contributed by atoms with Crippen molar-refractivity contribution in [2.45, 2.75) is 5.75 Å². The van der Waals surface area contributed by atoms with Crippen LogP contribution < -0.4 is 4.90 Å². The monoisotopic (exact) mass is 406 g/mol. The molecule has 24 heavy (non-hydrogen) atoms. The number of thioether (sulfide) groups is 1. The van der Waals surface area contributed by atoms with Gasteiger partial charge in [0, 0.05) is 55.0 Å². The number of piperazine rings is 1. The largest absolute Gasteiger partial charge is 0.353 e. The molecule has 2 aromatic heterocycles. The number of hydrogen-bond acceptors (Lipinski definition) is 5. The molecule has 0 unspecified atom stereocenters. The van der Waals surface area contributed by atoms with Crippen molar-refractivity contribution in [3.05, 3.63) is 52.9 Å². The van der Waals surface area contributed by atoms with Crippen molar-refractivity contribution in [3.8, 4) is 0 Å². The van der Waals surface area contributed by atoms with Crippen LogP contribution in [0, 0.1) is 0 Å². The zero-order valence-electron chi connectivity index (χ0n) is 13.3. The number of carbonyl (C=O) groups excluding carboxylic acids is 1. The first-order valence-electron chi connectivity index (χ1n) is 7.83. The van der Waals surface area contributed by atoms with Crippen molar-refractivity contribution < 1.29 is 4.79 Å². The van der Waals surface area contributed by atoms with Crippen molar-refractivity contribution in [2.24, 2.45) is 0 Å². The van der Waals surface area contributed by atoms with Crippen LogP contribution in [0.4, 0.5) is 5.82 Å². The Bertz CT molecular complexity index is 660. The molecule has 0 atom stereocenters. The summed E-state index contributed by atoms with van der Waals surface area (Å²) in [6.07, 6.45) is 5.42. The van der Waals surface area contributed by atoms with E-state index < -0.39 is 0 Å². The van der Waals surface area contributed by atoms with Gasteiger partial charge >= 0.3 is 0 Å². The van der Waals surface area contributed by atoms with Gasteiger partial charge in [-0.1, -0.05) is 6.07 Å². The van der Waals surface area contributed by atoms with Gasteiger partial charge in [0.15, 0.2) is 0 Å². The normalized spacial score (nSPS) is 14.7. The molecule has 126 valence electrons. The average Bonchev–Trinajstić information content (AvgIpc) is 2.63. The lowest BCUT2D eigenvalue weighted by Gasteiger charge is -2.35. The number of rotatable bonds is 5. The van der Waals surface area contributed by atoms with Crippen LogP contribution in [0.1, 0.15) is 5.56 Å². The third-order valence-corrected chi connectivity index (χ3v) is 5.34. The first-order valence-corrected chi connectivity index (χ1v) is 9.78. The highest BCUT2D eigenvalue weighted by Crippen LogP contribution is 2.17. The summed E-state index contributed by atoms with van der Waals surface area (Å²) in [7, 11) is 0. The summed E-state index contributed by atoms with van der Waals surface area (Å²) in [6, 6.07) is 7.96. The van der Waals surface area contributed by atoms with Crippen molar-refractivity contribution in [2.75, 3.05) is 36.8 Å². The second-order valence-corrected chi connectivity index (χ2v) is 7.46. The maximum Gasteiger partial charge on any atom is 0.232 e. The van der Waals surface area contributed by atoms with Crippen molar-refractivity contribution in [1.29, 1.82) is 0 Å². The fourth-order valence-corrected chi connectivity index (χ4v) is 3.67. The van der Waals surface area contributed by atoms with Gasteiger partial charge in [-0.15, -0.1) is 11.8 Å². The van der Waals surface area contributed by atoms with E-state index in [-0.39, 0.29) is 5.91 Å². The van der Waals surface area contributed by atoms with Crippen LogP contribution in [0.5, 0.6) is 0 Å². The lowest BCUT2D eigenvalue weighted by Crippen LogP contribution is -2.49. The molecule has 1 fully saturated rings. The van der Waals surface area contributed by atoms with Gasteiger partial charge in [0.25, 0.3) is 0 Å². The molecule has 3 rings (SSSR count). The number of pyridine rings is 2. The Hall–Kier alpha value is -1.60. The van der Waals surface area contributed by atoms with Gasteiger partial charge in [0.05, 0.1) is 5.75 Å². The van der Waals surface area contributed by atoms with Gasteiger partial charge in [0.1, 0.15) is 5.82 Å². The fourth-order valence-electron chi connectivity index (χ4n) is 2.57. The number of aromatic nitrogens is 2. The molecule has 0 N–H and O–H groups in total. The summed E-state index contributed by atoms with van der Waals surface area (Å²) in [5, 5.41) is 0. The predicted octanol–water partition coefficient (Wildman–Crippen LogP) is 2.82. The van der Waals surface area contributed by atoms with E-state index in [9.17, 15) is 4.79 Å². The second kappa shape index (κ2) is 8.48. The Morgan fingerprint density at radius 2 is 2.00 bits per heavy atom. The van der Waals surface area contributed by atoms with Crippen molar-refractivity contribution >= 4 is 39.4 Å². The molecule has 3 heterocycles. The number of amides is 1. The number of hydrogen-bond donors (Lipinski definition) is 0. The molecule has 0 saturated carbocycles. The summed E-state index contributed by atoms with van der Waals surface area (Å²) >= 11 is 5.04. The summed E-state index contributed by atoms with van der Waals surface area (Å²) in [4.78, 5) is 25.0. The standard InChI is InChI=1S/C17H19BrN4OS/c18-15-3-4-16(20-11-15)21-6-8-22(9-7-21)17(23)13-24-12-14-2-1-5-19-10-14/h1-5,10-11H,6-9,12-13H2. The third-order valence-electron chi connectivity index (χ3n) is 3.89. The van der Waals surface area contributed by atoms with Gasteiger partial charge in [0.2, 0.25) is 5.91 Å². The highest BCUT2D eigenvalue weighted by atomic mass is 79.9. The zero-order valence-corrected chi connectivity index (χ0v) is 15.7. The zero-order chi connectivity index (χ0) is 16.8. The topological polar surface area (TPSA) is 49.3 Å². The Kier molecular flexibility index (Phi) is 6.09. The van der Waals surface area contributed by atoms with Crippen LogP contribution in [0.25, 0.3) is 0 Å². The molecule has 0 aromatic carbocycles. The maximum atomic E-state index is 12.3. The van der Waals surface area contributed by atoms with E-state index in [0.717, 1.165) is 47.8 Å². The molecule has 1 aliphatic heterocycles. The Morgan fingerprint density at radius 3 is 2.67 bits per heavy atom. The summed E-state index contributed by atoms with van der Waals surface area (Å²) in [6.45, 7) is 3.16. The first-order chi connectivity index (χ1) is 11.7. The quantitative estimate of drug-likeness (QED) is 0.763. The Balaban J connectivity index is 1.42. The molecular formula is C17H19BrN4OS. The summed E-state index contributed by atoms with van der Waals surface area (Å²) < 4.78 is 0.978. The molecule has 0 spiro atoms. The molecule has 1 saturated heterocycles. The van der Waals surface area contributed by atoms with Gasteiger partial charge in [-0.3, -0.25) is 9.78 Å². The van der Waals surface area contributed by atoms with E-state index in [0.29, 0.717) is 5.75 Å². The van der Waals surface area contributed by atoms with Crippen LogP contribution >= 0.6 is 27.7 Å². The van der Waals surface area contributed by atoms with E-state index in [2.05, 4.69) is 30.8 Å². The van der Waals surface area contributed by atoms with Crippen LogP contribution in [0.2, 0.25) is 0 Å². The van der Waals surface area contributed by atoms with E-state index in [4.69, 9.17) is 0 Å².